The largest absolute Gasteiger partial charge is 0.463 e. The van der Waals surface area contributed by atoms with Crippen LogP contribution in [0.2, 0.25) is 0 Å². The lowest BCUT2D eigenvalue weighted by atomic mass is 9.83. The monoisotopic (exact) mass is 497 g/mol. The molecule has 0 spiro atoms. The number of pyridine rings is 1. The number of amides is 2. The maximum atomic E-state index is 13.3. The van der Waals surface area contributed by atoms with Gasteiger partial charge in [0.05, 0.1) is 18.7 Å². The van der Waals surface area contributed by atoms with Gasteiger partial charge < -0.3 is 15.0 Å². The van der Waals surface area contributed by atoms with Crippen LogP contribution in [-0.4, -0.2) is 34.3 Å². The Morgan fingerprint density at radius 2 is 1.84 bits per heavy atom. The zero-order valence-electron chi connectivity index (χ0n) is 21.4. The zero-order chi connectivity index (χ0) is 26.4. The first kappa shape index (κ1) is 25.8. The molecule has 2 amide bonds. The highest BCUT2D eigenvalue weighted by Crippen LogP contribution is 2.38. The van der Waals surface area contributed by atoms with Gasteiger partial charge in [-0.2, -0.15) is 0 Å². The van der Waals surface area contributed by atoms with Gasteiger partial charge in [-0.15, -0.1) is 0 Å². The van der Waals surface area contributed by atoms with E-state index in [1.165, 1.54) is 0 Å². The third-order valence-electron chi connectivity index (χ3n) is 6.47. The fourth-order valence-electron chi connectivity index (χ4n) is 4.63. The SMILES string of the molecule is CCOC(=O)C1=C(C)N(Cc2cccc(C(=O)NCc3cccnc3)c2)C(=O)C[C@@H]1c1cccc(C)c1. The number of aryl methyl sites for hydroxylation is 1. The summed E-state index contributed by atoms with van der Waals surface area (Å²) in [7, 11) is 0. The molecule has 2 heterocycles. The summed E-state index contributed by atoms with van der Waals surface area (Å²) in [4.78, 5) is 44.8. The normalized spacial score (nSPS) is 15.5. The number of rotatable bonds is 8. The van der Waals surface area contributed by atoms with Crippen LogP contribution >= 0.6 is 0 Å². The van der Waals surface area contributed by atoms with Gasteiger partial charge in [-0.3, -0.25) is 14.6 Å². The Labute approximate surface area is 217 Å². The van der Waals surface area contributed by atoms with E-state index in [1.54, 1.807) is 49.3 Å². The number of hydrogen-bond donors (Lipinski definition) is 1. The van der Waals surface area contributed by atoms with Crippen molar-refractivity contribution >= 4 is 17.8 Å². The Hall–Kier alpha value is -4.26. The molecule has 1 aliphatic rings. The molecule has 0 saturated carbocycles. The van der Waals surface area contributed by atoms with Gasteiger partial charge in [-0.25, -0.2) is 4.79 Å². The molecule has 4 rings (SSSR count). The van der Waals surface area contributed by atoms with E-state index in [1.807, 2.05) is 49.4 Å². The summed E-state index contributed by atoms with van der Waals surface area (Å²) in [5, 5.41) is 2.90. The maximum Gasteiger partial charge on any atom is 0.336 e. The lowest BCUT2D eigenvalue weighted by molar-refractivity contribution is -0.140. The molecular formula is C30H31N3O4. The van der Waals surface area contributed by atoms with Crippen molar-refractivity contribution in [3.8, 4) is 0 Å². The van der Waals surface area contributed by atoms with Gasteiger partial charge in [0.2, 0.25) is 5.91 Å². The van der Waals surface area contributed by atoms with E-state index in [0.29, 0.717) is 23.4 Å². The van der Waals surface area contributed by atoms with Crippen LogP contribution < -0.4 is 5.32 Å². The Balaban J connectivity index is 1.58. The summed E-state index contributed by atoms with van der Waals surface area (Å²) >= 11 is 0. The zero-order valence-corrected chi connectivity index (χ0v) is 21.4. The first-order chi connectivity index (χ1) is 17.9. The predicted molar refractivity (Wildman–Crippen MR) is 140 cm³/mol. The summed E-state index contributed by atoms with van der Waals surface area (Å²) in [5.74, 6) is -1.07. The van der Waals surface area contributed by atoms with Crippen molar-refractivity contribution in [3.63, 3.8) is 0 Å². The van der Waals surface area contributed by atoms with Crippen LogP contribution in [0.3, 0.4) is 0 Å². The molecule has 37 heavy (non-hydrogen) atoms. The number of esters is 1. The molecule has 0 radical (unpaired) electrons. The minimum Gasteiger partial charge on any atom is -0.463 e. The van der Waals surface area contributed by atoms with Crippen LogP contribution in [0.15, 0.2) is 84.3 Å². The number of ether oxygens (including phenoxy) is 1. The second kappa shape index (κ2) is 11.6. The number of nitrogens with one attached hydrogen (secondary N) is 1. The molecule has 0 unspecified atom stereocenters. The van der Waals surface area contributed by atoms with E-state index in [2.05, 4.69) is 10.3 Å². The summed E-state index contributed by atoms with van der Waals surface area (Å²) < 4.78 is 5.39. The summed E-state index contributed by atoms with van der Waals surface area (Å²) in [6, 6.07) is 18.8. The molecule has 0 saturated heterocycles. The lowest BCUT2D eigenvalue weighted by Crippen LogP contribution is -2.38. The van der Waals surface area contributed by atoms with Crippen molar-refractivity contribution in [2.75, 3.05) is 6.61 Å². The van der Waals surface area contributed by atoms with Crippen molar-refractivity contribution < 1.29 is 19.1 Å². The number of benzene rings is 2. The summed E-state index contributed by atoms with van der Waals surface area (Å²) in [5.41, 5.74) is 5.25. The highest BCUT2D eigenvalue weighted by molar-refractivity contribution is 5.96. The molecule has 190 valence electrons. The molecule has 0 fully saturated rings. The third-order valence-corrected chi connectivity index (χ3v) is 6.47. The molecular weight excluding hydrogens is 466 g/mol. The molecule has 2 aromatic carbocycles. The van der Waals surface area contributed by atoms with E-state index in [0.717, 1.165) is 22.3 Å². The summed E-state index contributed by atoms with van der Waals surface area (Å²) in [6.45, 7) is 6.41. The van der Waals surface area contributed by atoms with Crippen molar-refractivity contribution in [1.29, 1.82) is 0 Å². The van der Waals surface area contributed by atoms with Gasteiger partial charge >= 0.3 is 5.97 Å². The molecule has 7 nitrogen and oxygen atoms in total. The van der Waals surface area contributed by atoms with E-state index in [9.17, 15) is 14.4 Å². The molecule has 1 atom stereocenters. The Morgan fingerprint density at radius 1 is 1.05 bits per heavy atom. The van der Waals surface area contributed by atoms with E-state index in [4.69, 9.17) is 4.74 Å². The quantitative estimate of drug-likeness (QED) is 0.457. The van der Waals surface area contributed by atoms with Gasteiger partial charge in [0.25, 0.3) is 5.91 Å². The van der Waals surface area contributed by atoms with Crippen LogP contribution in [-0.2, 0) is 27.4 Å². The number of allylic oxidation sites excluding steroid dienone is 1. The van der Waals surface area contributed by atoms with Gasteiger partial charge in [0.15, 0.2) is 0 Å². The topological polar surface area (TPSA) is 88.6 Å². The van der Waals surface area contributed by atoms with Gasteiger partial charge in [0, 0.05) is 42.5 Å². The van der Waals surface area contributed by atoms with Crippen molar-refractivity contribution in [3.05, 3.63) is 112 Å². The molecule has 1 N–H and O–H groups in total. The predicted octanol–water partition coefficient (Wildman–Crippen LogP) is 4.67. The van der Waals surface area contributed by atoms with Crippen molar-refractivity contribution in [1.82, 2.24) is 15.2 Å². The smallest absolute Gasteiger partial charge is 0.336 e. The van der Waals surface area contributed by atoms with Crippen molar-refractivity contribution in [2.24, 2.45) is 0 Å². The third kappa shape index (κ3) is 6.12. The number of aromatic nitrogens is 1. The first-order valence-electron chi connectivity index (χ1n) is 12.4. The molecule has 7 heteroatoms. The van der Waals surface area contributed by atoms with Crippen LogP contribution in [0.4, 0.5) is 0 Å². The second-order valence-electron chi connectivity index (χ2n) is 9.11. The minimum atomic E-state index is -0.410. The Bertz CT molecular complexity index is 1330. The average molecular weight is 498 g/mol. The number of hydrogen-bond acceptors (Lipinski definition) is 5. The van der Waals surface area contributed by atoms with Crippen LogP contribution in [0.1, 0.15) is 58.8 Å². The fourth-order valence-corrected chi connectivity index (χ4v) is 4.63. The number of nitrogens with zero attached hydrogens (tertiary/aromatic N) is 2. The molecule has 1 aromatic heterocycles. The van der Waals surface area contributed by atoms with Crippen LogP contribution in [0.25, 0.3) is 0 Å². The standard InChI is InChI=1S/C30H31N3O4/c1-4-37-30(36)28-21(3)33(27(34)16-26(28)24-11-5-8-20(2)14-24)19-22-9-6-12-25(15-22)29(35)32-18-23-10-7-13-31-17-23/h5-15,17,26H,4,16,18-19H2,1-3H3,(H,32,35)/t26-/m1/s1. The Morgan fingerprint density at radius 3 is 2.57 bits per heavy atom. The molecule has 1 aliphatic heterocycles. The van der Waals surface area contributed by atoms with Gasteiger partial charge in [0.1, 0.15) is 0 Å². The molecule has 3 aromatic rings. The Kier molecular flexibility index (Phi) is 8.13. The van der Waals surface area contributed by atoms with Gasteiger partial charge in [-0.1, -0.05) is 48.0 Å². The minimum absolute atomic E-state index is 0.0801. The highest BCUT2D eigenvalue weighted by Gasteiger charge is 2.37. The second-order valence-corrected chi connectivity index (χ2v) is 9.11. The summed E-state index contributed by atoms with van der Waals surface area (Å²) in [6.07, 6.45) is 3.56. The number of carbonyl (C=O) groups excluding carboxylic acids is 3. The number of carbonyl (C=O) groups is 3. The molecule has 0 aliphatic carbocycles. The molecule has 0 bridgehead atoms. The van der Waals surface area contributed by atoms with Crippen LogP contribution in [0, 0.1) is 6.92 Å². The fraction of sp³-hybridized carbons (Fsp3) is 0.267. The average Bonchev–Trinajstić information content (AvgIpc) is 2.90. The highest BCUT2D eigenvalue weighted by atomic mass is 16.5. The van der Waals surface area contributed by atoms with E-state index < -0.39 is 5.97 Å². The van der Waals surface area contributed by atoms with E-state index in [-0.39, 0.29) is 37.3 Å². The van der Waals surface area contributed by atoms with Crippen molar-refractivity contribution in [2.45, 2.75) is 46.2 Å². The first-order valence-corrected chi connectivity index (χ1v) is 12.4. The van der Waals surface area contributed by atoms with Crippen LogP contribution in [0.5, 0.6) is 0 Å². The lowest BCUT2D eigenvalue weighted by Gasteiger charge is -2.34. The maximum absolute atomic E-state index is 13.3. The van der Waals surface area contributed by atoms with Gasteiger partial charge in [-0.05, 0) is 55.7 Å². The van der Waals surface area contributed by atoms with E-state index >= 15 is 0 Å².